The Hall–Kier alpha value is -0.561. The van der Waals surface area contributed by atoms with Crippen molar-refractivity contribution < 1.29 is 5.11 Å². The molecular weight excluding hydrogens is 275 g/mol. The molecule has 0 fully saturated rings. The summed E-state index contributed by atoms with van der Waals surface area (Å²) in [6, 6.07) is 10.3. The van der Waals surface area contributed by atoms with Gasteiger partial charge in [0.25, 0.3) is 0 Å². The minimum absolute atomic E-state index is 0.393. The molecule has 17 heavy (non-hydrogen) atoms. The van der Waals surface area contributed by atoms with E-state index in [0.717, 1.165) is 0 Å². The Morgan fingerprint density at radius 2 is 1.94 bits per heavy atom. The zero-order valence-corrected chi connectivity index (χ0v) is 12.7. The van der Waals surface area contributed by atoms with E-state index in [1.807, 2.05) is 32.0 Å². The van der Waals surface area contributed by atoms with Crippen LogP contribution in [0.15, 0.2) is 34.8 Å². The van der Waals surface area contributed by atoms with Crippen LogP contribution < -0.4 is 0 Å². The van der Waals surface area contributed by atoms with Crippen molar-refractivity contribution in [3.63, 3.8) is 0 Å². The Labute approximate surface area is 111 Å². The van der Waals surface area contributed by atoms with Crippen LogP contribution in [0.1, 0.15) is 39.2 Å². The summed E-state index contributed by atoms with van der Waals surface area (Å²) in [5, 5.41) is 11.4. The molecule has 0 amide bonds. The molecule has 0 saturated heterocycles. The van der Waals surface area contributed by atoms with Gasteiger partial charge in [0, 0.05) is 0 Å². The zero-order valence-electron chi connectivity index (χ0n) is 10.9. The predicted octanol–water partition coefficient (Wildman–Crippen LogP) is 3.72. The monoisotopic (exact) mass is 298 g/mol. The maximum absolute atomic E-state index is 10.2. The van der Waals surface area contributed by atoms with Crippen LogP contribution in [-0.2, 0) is 0 Å². The van der Waals surface area contributed by atoms with Crippen molar-refractivity contribution in [1.29, 1.82) is 0 Å². The second-order valence-corrected chi connectivity index (χ2v) is 7.07. The Kier molecular flexibility index (Phi) is 5.97. The van der Waals surface area contributed by atoms with Crippen molar-refractivity contribution in [2.75, 3.05) is 0 Å². The fourth-order valence-electron chi connectivity index (χ4n) is 1.42. The van der Waals surface area contributed by atoms with Crippen LogP contribution >= 0.6 is 0 Å². The molecule has 0 heterocycles. The second kappa shape index (κ2) is 7.00. The Bertz CT molecular complexity index is 349. The SMILES string of the molecule is CCCC[Se]/C(=C\c1ccccc1)C(C)(C)O. The van der Waals surface area contributed by atoms with Crippen LogP contribution in [0.2, 0.25) is 5.32 Å². The second-order valence-electron chi connectivity index (χ2n) is 4.68. The van der Waals surface area contributed by atoms with Crippen LogP contribution in [0, 0.1) is 0 Å². The molecule has 94 valence electrons. The molecule has 0 unspecified atom stereocenters. The molecule has 0 aliphatic heterocycles. The van der Waals surface area contributed by atoms with Gasteiger partial charge in [-0.15, -0.1) is 0 Å². The van der Waals surface area contributed by atoms with Crippen LogP contribution in [0.25, 0.3) is 6.08 Å². The molecule has 0 aliphatic rings. The van der Waals surface area contributed by atoms with Crippen molar-refractivity contribution in [3.8, 4) is 0 Å². The number of hydrogen-bond donors (Lipinski definition) is 1. The number of unbranched alkanes of at least 4 members (excludes halogenated alkanes) is 1. The van der Waals surface area contributed by atoms with Gasteiger partial charge in [-0.05, 0) is 0 Å². The minimum atomic E-state index is -0.691. The van der Waals surface area contributed by atoms with Crippen LogP contribution in [0.4, 0.5) is 0 Å². The first-order valence-electron chi connectivity index (χ1n) is 6.16. The molecule has 0 aliphatic carbocycles. The molecule has 0 radical (unpaired) electrons. The van der Waals surface area contributed by atoms with E-state index >= 15 is 0 Å². The summed E-state index contributed by atoms with van der Waals surface area (Å²) in [7, 11) is 0. The summed E-state index contributed by atoms with van der Waals surface area (Å²) < 4.78 is 1.18. The van der Waals surface area contributed by atoms with Gasteiger partial charge >= 0.3 is 111 Å². The maximum atomic E-state index is 10.2. The van der Waals surface area contributed by atoms with E-state index < -0.39 is 5.60 Å². The molecule has 1 aromatic rings. The zero-order chi connectivity index (χ0) is 12.7. The van der Waals surface area contributed by atoms with Crippen LogP contribution in [-0.4, -0.2) is 25.7 Å². The van der Waals surface area contributed by atoms with E-state index in [1.54, 1.807) is 0 Å². The standard InChI is InChI=1S/C15H22OSe/c1-4-5-11-17-14(15(2,3)16)12-13-9-7-6-8-10-13/h6-10,12,16H,4-5,11H2,1-3H3/b14-12-. The van der Waals surface area contributed by atoms with Gasteiger partial charge in [0.05, 0.1) is 0 Å². The number of hydrogen-bond acceptors (Lipinski definition) is 1. The van der Waals surface area contributed by atoms with Gasteiger partial charge in [0.1, 0.15) is 0 Å². The van der Waals surface area contributed by atoms with Crippen molar-refractivity contribution >= 4 is 21.0 Å². The molecule has 1 nitrogen and oxygen atoms in total. The molecule has 0 saturated carbocycles. The summed E-state index contributed by atoms with van der Waals surface area (Å²) in [6.45, 7) is 5.98. The first kappa shape index (κ1) is 14.5. The van der Waals surface area contributed by atoms with E-state index in [1.165, 1.54) is 28.2 Å². The average Bonchev–Trinajstić information content (AvgIpc) is 2.28. The quantitative estimate of drug-likeness (QED) is 0.627. The molecule has 0 atom stereocenters. The number of benzene rings is 1. The fraction of sp³-hybridized carbons (Fsp3) is 0.467. The molecule has 1 aromatic carbocycles. The van der Waals surface area contributed by atoms with Crippen molar-refractivity contribution in [1.82, 2.24) is 0 Å². The molecule has 0 bridgehead atoms. The topological polar surface area (TPSA) is 20.2 Å². The van der Waals surface area contributed by atoms with Gasteiger partial charge in [-0.2, -0.15) is 0 Å². The first-order chi connectivity index (χ1) is 8.04. The van der Waals surface area contributed by atoms with E-state index in [4.69, 9.17) is 0 Å². The Morgan fingerprint density at radius 1 is 1.29 bits per heavy atom. The summed E-state index contributed by atoms with van der Waals surface area (Å²) >= 11 is 0.393. The normalized spacial score (nSPS) is 12.8. The molecule has 0 spiro atoms. The summed E-state index contributed by atoms with van der Waals surface area (Å²) in [4.78, 5) is 0. The molecular formula is C15H22OSe. The number of rotatable bonds is 6. The summed E-state index contributed by atoms with van der Waals surface area (Å²) in [5.41, 5.74) is 0.492. The number of aliphatic hydroxyl groups is 1. The van der Waals surface area contributed by atoms with Crippen molar-refractivity contribution in [2.24, 2.45) is 0 Å². The third-order valence-corrected chi connectivity index (χ3v) is 5.44. The summed E-state index contributed by atoms with van der Waals surface area (Å²) in [6.07, 6.45) is 4.63. The van der Waals surface area contributed by atoms with Gasteiger partial charge in [-0.25, -0.2) is 0 Å². The average molecular weight is 297 g/mol. The first-order valence-corrected chi connectivity index (χ1v) is 8.23. The molecule has 2 heteroatoms. The van der Waals surface area contributed by atoms with E-state index in [0.29, 0.717) is 15.0 Å². The van der Waals surface area contributed by atoms with Crippen LogP contribution in [0.3, 0.4) is 0 Å². The Morgan fingerprint density at radius 3 is 2.47 bits per heavy atom. The molecule has 1 N–H and O–H groups in total. The van der Waals surface area contributed by atoms with Crippen LogP contribution in [0.5, 0.6) is 0 Å². The molecule has 1 rings (SSSR count). The van der Waals surface area contributed by atoms with Gasteiger partial charge in [-0.1, -0.05) is 0 Å². The third-order valence-electron chi connectivity index (χ3n) is 2.46. The summed E-state index contributed by atoms with van der Waals surface area (Å²) in [5.74, 6) is 0. The molecule has 0 aromatic heterocycles. The third kappa shape index (κ3) is 5.54. The van der Waals surface area contributed by atoms with Crippen molar-refractivity contribution in [2.45, 2.75) is 44.5 Å². The van der Waals surface area contributed by atoms with Gasteiger partial charge in [0.15, 0.2) is 0 Å². The van der Waals surface area contributed by atoms with Gasteiger partial charge in [0.2, 0.25) is 0 Å². The van der Waals surface area contributed by atoms with Gasteiger partial charge < -0.3 is 0 Å². The van der Waals surface area contributed by atoms with E-state index in [9.17, 15) is 5.11 Å². The van der Waals surface area contributed by atoms with E-state index in [2.05, 4.69) is 25.1 Å². The van der Waals surface area contributed by atoms with E-state index in [-0.39, 0.29) is 0 Å². The predicted molar refractivity (Wildman–Crippen MR) is 76.2 cm³/mol. The van der Waals surface area contributed by atoms with Gasteiger partial charge in [-0.3, -0.25) is 0 Å². The van der Waals surface area contributed by atoms with Crippen molar-refractivity contribution in [3.05, 3.63) is 40.4 Å². The Balaban J connectivity index is 2.80. The fourth-order valence-corrected chi connectivity index (χ4v) is 3.99.